The molecule has 1 aliphatic carbocycles. The second kappa shape index (κ2) is 5.70. The summed E-state index contributed by atoms with van der Waals surface area (Å²) in [6.07, 6.45) is 6.44. The van der Waals surface area contributed by atoms with Crippen LogP contribution in [0.15, 0.2) is 12.3 Å². The van der Waals surface area contributed by atoms with Gasteiger partial charge in [0, 0.05) is 12.8 Å². The monoisotopic (exact) mass is 262 g/mol. The molecule has 1 fully saturated rings. The van der Waals surface area contributed by atoms with Crippen LogP contribution in [0.25, 0.3) is 0 Å². The van der Waals surface area contributed by atoms with Crippen molar-refractivity contribution >= 4 is 11.6 Å². The Kier molecular flexibility index (Phi) is 4.20. The van der Waals surface area contributed by atoms with Gasteiger partial charge in [-0.05, 0) is 38.3 Å². The lowest BCUT2D eigenvalue weighted by molar-refractivity contribution is -0.0411. The summed E-state index contributed by atoms with van der Waals surface area (Å²) in [5, 5.41) is 0. The van der Waals surface area contributed by atoms with E-state index in [0.717, 1.165) is 31.2 Å². The molecule has 4 nitrogen and oxygen atoms in total. The van der Waals surface area contributed by atoms with Gasteiger partial charge in [0.15, 0.2) is 5.78 Å². The molecule has 0 atom stereocenters. The zero-order chi connectivity index (χ0) is 13.9. The third-order valence-corrected chi connectivity index (χ3v) is 3.91. The van der Waals surface area contributed by atoms with Crippen molar-refractivity contribution in [2.45, 2.75) is 51.6 Å². The number of nitrogens with two attached hydrogens (primary N) is 1. The number of aryl methyl sites for hydroxylation is 1. The van der Waals surface area contributed by atoms with Crippen LogP contribution in [0, 0.1) is 6.92 Å². The van der Waals surface area contributed by atoms with E-state index < -0.39 is 5.60 Å². The Balaban J connectivity index is 2.39. The van der Waals surface area contributed by atoms with Crippen LogP contribution in [-0.4, -0.2) is 23.0 Å². The normalized spacial score (nSPS) is 18.2. The summed E-state index contributed by atoms with van der Waals surface area (Å²) in [6.45, 7) is 4.38. The molecule has 0 unspecified atom stereocenters. The molecule has 1 aromatic heterocycles. The number of Topliss-reactive ketones (excluding diaryl/α,β-unsaturated/α-hetero) is 1. The number of hydrogen-bond donors (Lipinski definition) is 1. The smallest absolute Gasteiger partial charge is 0.198 e. The minimum absolute atomic E-state index is 0.0113. The van der Waals surface area contributed by atoms with E-state index in [9.17, 15) is 4.79 Å². The molecule has 1 heterocycles. The largest absolute Gasteiger partial charge is 0.383 e. The van der Waals surface area contributed by atoms with Crippen molar-refractivity contribution < 1.29 is 9.53 Å². The van der Waals surface area contributed by atoms with E-state index in [1.165, 1.54) is 6.42 Å². The summed E-state index contributed by atoms with van der Waals surface area (Å²) in [4.78, 5) is 17.0. The number of pyridine rings is 1. The van der Waals surface area contributed by atoms with Crippen molar-refractivity contribution in [3.63, 3.8) is 0 Å². The lowest BCUT2D eigenvalue weighted by atomic mass is 9.78. The van der Waals surface area contributed by atoms with Gasteiger partial charge in [0.2, 0.25) is 0 Å². The average Bonchev–Trinajstić information content (AvgIpc) is 2.40. The molecule has 0 aliphatic heterocycles. The Labute approximate surface area is 114 Å². The molecule has 0 bridgehead atoms. The SMILES string of the molecule is CCOC1(C(=O)c2c(C)ccnc2N)CCCCC1. The van der Waals surface area contributed by atoms with Gasteiger partial charge in [0.05, 0.1) is 5.56 Å². The number of nitrogens with zero attached hydrogens (tertiary/aromatic N) is 1. The fourth-order valence-electron chi connectivity index (χ4n) is 2.94. The molecule has 4 heteroatoms. The fourth-order valence-corrected chi connectivity index (χ4v) is 2.94. The van der Waals surface area contributed by atoms with Crippen molar-refractivity contribution in [3.05, 3.63) is 23.4 Å². The summed E-state index contributed by atoms with van der Waals surface area (Å²) in [7, 11) is 0. The summed E-state index contributed by atoms with van der Waals surface area (Å²) in [5.41, 5.74) is 6.63. The number of rotatable bonds is 4. The van der Waals surface area contributed by atoms with Crippen molar-refractivity contribution in [3.8, 4) is 0 Å². The van der Waals surface area contributed by atoms with Crippen molar-refractivity contribution in [1.82, 2.24) is 4.98 Å². The van der Waals surface area contributed by atoms with E-state index in [2.05, 4.69) is 4.98 Å². The van der Waals surface area contributed by atoms with Crippen LogP contribution in [0.2, 0.25) is 0 Å². The van der Waals surface area contributed by atoms with Crippen LogP contribution >= 0.6 is 0 Å². The predicted molar refractivity (Wildman–Crippen MR) is 75.2 cm³/mol. The molecule has 0 saturated heterocycles. The summed E-state index contributed by atoms with van der Waals surface area (Å²) in [5.74, 6) is 0.326. The highest BCUT2D eigenvalue weighted by molar-refractivity contribution is 6.06. The Morgan fingerprint density at radius 3 is 2.68 bits per heavy atom. The Morgan fingerprint density at radius 2 is 2.11 bits per heavy atom. The zero-order valence-corrected chi connectivity index (χ0v) is 11.7. The number of hydrogen-bond acceptors (Lipinski definition) is 4. The van der Waals surface area contributed by atoms with Gasteiger partial charge in [-0.25, -0.2) is 4.98 Å². The van der Waals surface area contributed by atoms with Gasteiger partial charge >= 0.3 is 0 Å². The van der Waals surface area contributed by atoms with E-state index in [0.29, 0.717) is 18.0 Å². The number of nitrogen functional groups attached to an aromatic ring is 1. The van der Waals surface area contributed by atoms with Gasteiger partial charge in [-0.2, -0.15) is 0 Å². The predicted octanol–water partition coefficient (Wildman–Crippen LogP) is 2.89. The molecule has 0 radical (unpaired) electrons. The Morgan fingerprint density at radius 1 is 1.42 bits per heavy atom. The molecule has 1 aromatic rings. The van der Waals surface area contributed by atoms with E-state index in [-0.39, 0.29) is 5.78 Å². The van der Waals surface area contributed by atoms with Gasteiger partial charge in [0.1, 0.15) is 11.4 Å². The van der Waals surface area contributed by atoms with Gasteiger partial charge in [-0.3, -0.25) is 4.79 Å². The average molecular weight is 262 g/mol. The second-order valence-corrected chi connectivity index (χ2v) is 5.21. The number of ether oxygens (including phenoxy) is 1. The molecule has 1 saturated carbocycles. The Bertz CT molecular complexity index is 439. The second-order valence-electron chi connectivity index (χ2n) is 5.21. The first-order valence-corrected chi connectivity index (χ1v) is 7.00. The molecule has 2 rings (SSSR count). The molecule has 1 aliphatic rings. The highest BCUT2D eigenvalue weighted by Gasteiger charge is 2.42. The van der Waals surface area contributed by atoms with E-state index in [1.807, 2.05) is 19.9 Å². The molecule has 104 valence electrons. The van der Waals surface area contributed by atoms with Gasteiger partial charge in [-0.1, -0.05) is 19.3 Å². The third-order valence-electron chi connectivity index (χ3n) is 3.91. The van der Waals surface area contributed by atoms with Gasteiger partial charge in [-0.15, -0.1) is 0 Å². The molecule has 2 N–H and O–H groups in total. The highest BCUT2D eigenvalue weighted by Crippen LogP contribution is 2.36. The summed E-state index contributed by atoms with van der Waals surface area (Å²) < 4.78 is 5.86. The van der Waals surface area contributed by atoms with Crippen LogP contribution < -0.4 is 5.73 Å². The summed E-state index contributed by atoms with van der Waals surface area (Å²) in [6, 6.07) is 1.83. The first-order chi connectivity index (χ1) is 9.10. The molecule has 19 heavy (non-hydrogen) atoms. The van der Waals surface area contributed by atoms with E-state index in [1.54, 1.807) is 6.20 Å². The molecular formula is C15H22N2O2. The lowest BCUT2D eigenvalue weighted by Gasteiger charge is -2.36. The topological polar surface area (TPSA) is 65.2 Å². The van der Waals surface area contributed by atoms with Crippen LogP contribution in [0.4, 0.5) is 5.82 Å². The minimum Gasteiger partial charge on any atom is -0.383 e. The molecular weight excluding hydrogens is 240 g/mol. The van der Waals surface area contributed by atoms with Crippen LogP contribution in [0.5, 0.6) is 0 Å². The number of carbonyl (C=O) groups is 1. The maximum absolute atomic E-state index is 12.9. The number of aromatic nitrogens is 1. The Hall–Kier alpha value is -1.42. The number of ketones is 1. The van der Waals surface area contributed by atoms with Crippen molar-refractivity contribution in [2.24, 2.45) is 0 Å². The fraction of sp³-hybridized carbons (Fsp3) is 0.600. The van der Waals surface area contributed by atoms with E-state index in [4.69, 9.17) is 10.5 Å². The van der Waals surface area contributed by atoms with Gasteiger partial charge in [0.25, 0.3) is 0 Å². The molecule has 0 spiro atoms. The number of anilines is 1. The standard InChI is InChI=1S/C15H22N2O2/c1-3-19-15(8-5-4-6-9-15)13(18)12-11(2)7-10-17-14(12)16/h7,10H,3-6,8-9H2,1-2H3,(H2,16,17). The first kappa shape index (κ1) is 14.0. The van der Waals surface area contributed by atoms with Crippen molar-refractivity contribution in [2.75, 3.05) is 12.3 Å². The highest BCUT2D eigenvalue weighted by atomic mass is 16.5. The third kappa shape index (κ3) is 2.63. The number of carbonyl (C=O) groups excluding carboxylic acids is 1. The molecule has 0 aromatic carbocycles. The van der Waals surface area contributed by atoms with Crippen LogP contribution in [0.1, 0.15) is 54.9 Å². The summed E-state index contributed by atoms with van der Waals surface area (Å²) >= 11 is 0. The maximum Gasteiger partial charge on any atom is 0.198 e. The zero-order valence-electron chi connectivity index (χ0n) is 11.7. The van der Waals surface area contributed by atoms with Crippen LogP contribution in [0.3, 0.4) is 0 Å². The van der Waals surface area contributed by atoms with Crippen molar-refractivity contribution in [1.29, 1.82) is 0 Å². The van der Waals surface area contributed by atoms with Gasteiger partial charge < -0.3 is 10.5 Å². The maximum atomic E-state index is 12.9. The van der Waals surface area contributed by atoms with E-state index >= 15 is 0 Å². The minimum atomic E-state index is -0.686. The van der Waals surface area contributed by atoms with Crippen LogP contribution in [-0.2, 0) is 4.74 Å². The quantitative estimate of drug-likeness (QED) is 0.847. The first-order valence-electron chi connectivity index (χ1n) is 7.00. The lowest BCUT2D eigenvalue weighted by Crippen LogP contribution is -2.44. The molecule has 0 amide bonds.